The number of anilines is 1. The minimum absolute atomic E-state index is 0.121. The van der Waals surface area contributed by atoms with Crippen molar-refractivity contribution in [1.29, 1.82) is 0 Å². The van der Waals surface area contributed by atoms with Gasteiger partial charge < -0.3 is 15.4 Å². The van der Waals surface area contributed by atoms with E-state index in [0.29, 0.717) is 30.9 Å². The summed E-state index contributed by atoms with van der Waals surface area (Å²) in [4.78, 5) is 12.1. The summed E-state index contributed by atoms with van der Waals surface area (Å²) in [7, 11) is 0. The average Bonchev–Trinajstić information content (AvgIpc) is 3.13. The van der Waals surface area contributed by atoms with Crippen molar-refractivity contribution in [1.82, 2.24) is 5.32 Å². The standard InChI is InChI=1S/C19H20F2N2O2/c20-16-7-6-14(10-17(16)21)12-22-11-13-3-1-4-15(9-13)23-19(24)18-5-2-8-25-18/h1,3-4,6-7,9-10,18,22H,2,5,8,11-12H2,(H,23,24). The lowest BCUT2D eigenvalue weighted by Gasteiger charge is -2.12. The molecule has 132 valence electrons. The van der Waals surface area contributed by atoms with Crippen LogP contribution in [0.1, 0.15) is 24.0 Å². The molecular weight excluding hydrogens is 326 g/mol. The van der Waals surface area contributed by atoms with Crippen LogP contribution in [0, 0.1) is 11.6 Å². The molecule has 2 aromatic rings. The number of hydrogen-bond acceptors (Lipinski definition) is 3. The van der Waals surface area contributed by atoms with Crippen LogP contribution in [0.5, 0.6) is 0 Å². The molecule has 1 atom stereocenters. The van der Waals surface area contributed by atoms with Crippen LogP contribution in [-0.2, 0) is 22.6 Å². The third kappa shape index (κ3) is 4.84. The van der Waals surface area contributed by atoms with E-state index in [1.54, 1.807) is 6.07 Å². The van der Waals surface area contributed by atoms with E-state index in [0.717, 1.165) is 24.5 Å². The highest BCUT2D eigenvalue weighted by molar-refractivity contribution is 5.94. The van der Waals surface area contributed by atoms with Crippen LogP contribution in [0.25, 0.3) is 0 Å². The molecule has 25 heavy (non-hydrogen) atoms. The molecule has 4 nitrogen and oxygen atoms in total. The Morgan fingerprint density at radius 1 is 1.08 bits per heavy atom. The van der Waals surface area contributed by atoms with Gasteiger partial charge in [0.05, 0.1) is 0 Å². The summed E-state index contributed by atoms with van der Waals surface area (Å²) in [6, 6.07) is 11.3. The smallest absolute Gasteiger partial charge is 0.253 e. The second-order valence-electron chi connectivity index (χ2n) is 6.04. The monoisotopic (exact) mass is 346 g/mol. The highest BCUT2D eigenvalue weighted by Gasteiger charge is 2.23. The van der Waals surface area contributed by atoms with E-state index in [1.165, 1.54) is 6.07 Å². The largest absolute Gasteiger partial charge is 0.368 e. The Morgan fingerprint density at radius 2 is 1.88 bits per heavy atom. The maximum Gasteiger partial charge on any atom is 0.253 e. The molecule has 1 amide bonds. The van der Waals surface area contributed by atoms with E-state index < -0.39 is 11.6 Å². The van der Waals surface area contributed by atoms with Crippen LogP contribution < -0.4 is 10.6 Å². The van der Waals surface area contributed by atoms with Gasteiger partial charge in [0, 0.05) is 25.4 Å². The van der Waals surface area contributed by atoms with E-state index in [2.05, 4.69) is 10.6 Å². The number of rotatable bonds is 6. The molecule has 0 aromatic heterocycles. The summed E-state index contributed by atoms with van der Waals surface area (Å²) in [5.74, 6) is -1.82. The lowest BCUT2D eigenvalue weighted by molar-refractivity contribution is -0.124. The lowest BCUT2D eigenvalue weighted by atomic mass is 10.1. The Morgan fingerprint density at radius 3 is 2.60 bits per heavy atom. The zero-order valence-corrected chi connectivity index (χ0v) is 13.7. The van der Waals surface area contributed by atoms with Crippen molar-refractivity contribution in [3.05, 3.63) is 65.2 Å². The fraction of sp³-hybridized carbons (Fsp3) is 0.316. The van der Waals surface area contributed by atoms with Crippen LogP contribution >= 0.6 is 0 Å². The molecule has 1 saturated heterocycles. The van der Waals surface area contributed by atoms with Gasteiger partial charge in [-0.05, 0) is 48.2 Å². The Labute approximate surface area is 145 Å². The third-order valence-electron chi connectivity index (χ3n) is 4.06. The molecule has 0 radical (unpaired) electrons. The van der Waals surface area contributed by atoms with Crippen molar-refractivity contribution in [3.8, 4) is 0 Å². The van der Waals surface area contributed by atoms with Crippen molar-refractivity contribution in [2.45, 2.75) is 32.0 Å². The summed E-state index contributed by atoms with van der Waals surface area (Å²) in [6.45, 7) is 1.60. The molecule has 1 aliphatic heterocycles. The summed E-state index contributed by atoms with van der Waals surface area (Å²) >= 11 is 0. The predicted molar refractivity (Wildman–Crippen MR) is 90.9 cm³/mol. The van der Waals surface area contributed by atoms with Gasteiger partial charge in [-0.3, -0.25) is 4.79 Å². The number of carbonyl (C=O) groups is 1. The van der Waals surface area contributed by atoms with Gasteiger partial charge in [0.1, 0.15) is 6.10 Å². The lowest BCUT2D eigenvalue weighted by Crippen LogP contribution is -2.26. The van der Waals surface area contributed by atoms with Crippen molar-refractivity contribution in [3.63, 3.8) is 0 Å². The highest BCUT2D eigenvalue weighted by atomic mass is 19.2. The maximum atomic E-state index is 13.2. The first-order valence-corrected chi connectivity index (χ1v) is 8.28. The predicted octanol–water partition coefficient (Wildman–Crippen LogP) is 3.37. The van der Waals surface area contributed by atoms with E-state index in [-0.39, 0.29) is 12.0 Å². The number of nitrogens with one attached hydrogen (secondary N) is 2. The Kier molecular flexibility index (Phi) is 5.73. The van der Waals surface area contributed by atoms with Gasteiger partial charge >= 0.3 is 0 Å². The number of amides is 1. The van der Waals surface area contributed by atoms with Crippen molar-refractivity contribution >= 4 is 11.6 Å². The molecule has 1 unspecified atom stereocenters. The van der Waals surface area contributed by atoms with Crippen LogP contribution in [0.3, 0.4) is 0 Å². The van der Waals surface area contributed by atoms with Gasteiger partial charge in [-0.2, -0.15) is 0 Å². The van der Waals surface area contributed by atoms with Crippen molar-refractivity contribution in [2.24, 2.45) is 0 Å². The van der Waals surface area contributed by atoms with Crippen LogP contribution in [0.15, 0.2) is 42.5 Å². The van der Waals surface area contributed by atoms with Crippen molar-refractivity contribution < 1.29 is 18.3 Å². The van der Waals surface area contributed by atoms with Gasteiger partial charge in [0.2, 0.25) is 0 Å². The summed E-state index contributed by atoms with van der Waals surface area (Å²) < 4.78 is 31.5. The zero-order chi connectivity index (χ0) is 17.6. The SMILES string of the molecule is O=C(Nc1cccc(CNCc2ccc(F)c(F)c2)c1)C1CCCO1. The van der Waals surface area contributed by atoms with E-state index in [4.69, 9.17) is 4.74 Å². The fourth-order valence-electron chi connectivity index (χ4n) is 2.77. The van der Waals surface area contributed by atoms with Crippen molar-refractivity contribution in [2.75, 3.05) is 11.9 Å². The van der Waals surface area contributed by atoms with Gasteiger partial charge in [-0.25, -0.2) is 8.78 Å². The summed E-state index contributed by atoms with van der Waals surface area (Å²) in [5, 5.41) is 6.04. The molecular formula is C19H20F2N2O2. The number of carbonyl (C=O) groups excluding carboxylic acids is 1. The van der Waals surface area contributed by atoms with Gasteiger partial charge in [0.25, 0.3) is 5.91 Å². The first kappa shape index (κ1) is 17.5. The van der Waals surface area contributed by atoms with Gasteiger partial charge in [-0.1, -0.05) is 18.2 Å². The Bertz CT molecular complexity index is 746. The van der Waals surface area contributed by atoms with E-state index >= 15 is 0 Å². The molecule has 2 N–H and O–H groups in total. The number of hydrogen-bond donors (Lipinski definition) is 2. The molecule has 1 aliphatic rings. The second kappa shape index (κ2) is 8.18. The van der Waals surface area contributed by atoms with Gasteiger partial charge in [-0.15, -0.1) is 0 Å². The number of ether oxygens (including phenoxy) is 1. The van der Waals surface area contributed by atoms with Crippen LogP contribution in [-0.4, -0.2) is 18.6 Å². The van der Waals surface area contributed by atoms with Crippen LogP contribution in [0.4, 0.5) is 14.5 Å². The van der Waals surface area contributed by atoms with Gasteiger partial charge in [0.15, 0.2) is 11.6 Å². The van der Waals surface area contributed by atoms with E-state index in [9.17, 15) is 13.6 Å². The fourth-order valence-corrected chi connectivity index (χ4v) is 2.77. The molecule has 2 aromatic carbocycles. The molecule has 3 rings (SSSR count). The molecule has 1 heterocycles. The molecule has 6 heteroatoms. The summed E-state index contributed by atoms with van der Waals surface area (Å²) in [5.41, 5.74) is 2.36. The normalized spacial score (nSPS) is 16.8. The zero-order valence-electron chi connectivity index (χ0n) is 13.7. The molecule has 1 fully saturated rings. The Hall–Kier alpha value is -2.31. The topological polar surface area (TPSA) is 50.4 Å². The molecule has 0 bridgehead atoms. The third-order valence-corrected chi connectivity index (χ3v) is 4.06. The Balaban J connectivity index is 1.52. The number of halogens is 2. The minimum Gasteiger partial charge on any atom is -0.368 e. The molecule has 0 aliphatic carbocycles. The number of benzene rings is 2. The molecule has 0 saturated carbocycles. The van der Waals surface area contributed by atoms with E-state index in [1.807, 2.05) is 24.3 Å². The maximum absolute atomic E-state index is 13.2. The first-order chi connectivity index (χ1) is 12.1. The van der Waals surface area contributed by atoms with Crippen LogP contribution in [0.2, 0.25) is 0 Å². The highest BCUT2D eigenvalue weighted by Crippen LogP contribution is 2.16. The quantitative estimate of drug-likeness (QED) is 0.843. The second-order valence-corrected chi connectivity index (χ2v) is 6.04. The average molecular weight is 346 g/mol. The first-order valence-electron chi connectivity index (χ1n) is 8.28. The summed E-state index contributed by atoms with van der Waals surface area (Å²) in [6.07, 6.45) is 1.29. The minimum atomic E-state index is -0.849. The molecule has 0 spiro atoms.